The first-order valence-corrected chi connectivity index (χ1v) is 4.13. The minimum Gasteiger partial charge on any atom is -0.394 e. The Bertz CT molecular complexity index is 154. The van der Waals surface area contributed by atoms with Gasteiger partial charge in [0.25, 0.3) is 0 Å². The van der Waals surface area contributed by atoms with Crippen LogP contribution in [0.25, 0.3) is 0 Å². The Morgan fingerprint density at radius 3 is 2.00 bits per heavy atom. The molecule has 0 aromatic heterocycles. The van der Waals surface area contributed by atoms with Gasteiger partial charge >= 0.3 is 5.91 Å². The molecule has 3 N–H and O–H groups in total. The van der Waals surface area contributed by atoms with Crippen molar-refractivity contribution in [2.75, 3.05) is 26.4 Å². The standard InChI is InChI=1S/C7H15NO6/c1-6(11)7(12)8(13-4-2-9)14-5-3-10/h6,9-11H,2-5H2,1H3. The molecule has 0 bridgehead atoms. The third-order valence-corrected chi connectivity index (χ3v) is 1.14. The van der Waals surface area contributed by atoms with Crippen LogP contribution in [0.15, 0.2) is 0 Å². The molecule has 0 fully saturated rings. The minimum atomic E-state index is -1.27. The van der Waals surface area contributed by atoms with Gasteiger partial charge in [0.05, 0.1) is 13.2 Å². The fourth-order valence-electron chi connectivity index (χ4n) is 0.565. The van der Waals surface area contributed by atoms with E-state index >= 15 is 0 Å². The predicted molar refractivity (Wildman–Crippen MR) is 44.6 cm³/mol. The van der Waals surface area contributed by atoms with Crippen molar-refractivity contribution < 1.29 is 29.8 Å². The Morgan fingerprint density at radius 2 is 1.71 bits per heavy atom. The van der Waals surface area contributed by atoms with Crippen molar-refractivity contribution in [3.8, 4) is 0 Å². The largest absolute Gasteiger partial charge is 0.394 e. The summed E-state index contributed by atoms with van der Waals surface area (Å²) < 4.78 is 0. The van der Waals surface area contributed by atoms with Gasteiger partial charge in [-0.15, -0.1) is 0 Å². The number of rotatable bonds is 7. The van der Waals surface area contributed by atoms with E-state index in [0.29, 0.717) is 5.23 Å². The molecule has 0 rings (SSSR count). The Morgan fingerprint density at radius 1 is 1.29 bits per heavy atom. The lowest BCUT2D eigenvalue weighted by atomic mass is 10.4. The van der Waals surface area contributed by atoms with Gasteiger partial charge in [-0.1, -0.05) is 5.23 Å². The molecule has 7 heteroatoms. The molecule has 0 saturated heterocycles. The molecule has 0 aliphatic rings. The number of carbonyl (C=O) groups excluding carboxylic acids is 1. The summed E-state index contributed by atoms with van der Waals surface area (Å²) in [5.74, 6) is -0.799. The van der Waals surface area contributed by atoms with E-state index in [1.807, 2.05) is 0 Å². The number of carbonyl (C=O) groups is 1. The average molecular weight is 209 g/mol. The minimum absolute atomic E-state index is 0.135. The van der Waals surface area contributed by atoms with Crippen molar-refractivity contribution in [1.82, 2.24) is 5.23 Å². The molecule has 1 amide bonds. The molecule has 0 radical (unpaired) electrons. The highest BCUT2D eigenvalue weighted by atomic mass is 17.0. The normalized spacial score (nSPS) is 12.6. The van der Waals surface area contributed by atoms with Crippen molar-refractivity contribution in [1.29, 1.82) is 0 Å². The number of hydroxylamine groups is 2. The molecule has 1 unspecified atom stereocenters. The first kappa shape index (κ1) is 13.3. The molecular formula is C7H15NO6. The molecule has 0 aliphatic heterocycles. The number of hydrogen-bond donors (Lipinski definition) is 3. The van der Waals surface area contributed by atoms with Gasteiger partial charge in [-0.25, -0.2) is 9.68 Å². The van der Waals surface area contributed by atoms with Crippen LogP contribution in [0, 0.1) is 0 Å². The molecule has 0 aromatic carbocycles. The second-order valence-electron chi connectivity index (χ2n) is 2.38. The van der Waals surface area contributed by atoms with Crippen molar-refractivity contribution >= 4 is 5.91 Å². The van der Waals surface area contributed by atoms with Crippen molar-refractivity contribution in [3.05, 3.63) is 0 Å². The van der Waals surface area contributed by atoms with Crippen molar-refractivity contribution in [2.45, 2.75) is 13.0 Å². The van der Waals surface area contributed by atoms with E-state index < -0.39 is 12.0 Å². The summed E-state index contributed by atoms with van der Waals surface area (Å²) in [4.78, 5) is 20.4. The summed E-state index contributed by atoms with van der Waals surface area (Å²) in [6.45, 7) is 0.409. The summed E-state index contributed by atoms with van der Waals surface area (Å²) in [7, 11) is 0. The van der Waals surface area contributed by atoms with Gasteiger partial charge in [-0.2, -0.15) is 0 Å². The van der Waals surface area contributed by atoms with Crippen LogP contribution in [0.1, 0.15) is 6.92 Å². The lowest BCUT2D eigenvalue weighted by molar-refractivity contribution is -0.348. The third kappa shape index (κ3) is 5.10. The maximum atomic E-state index is 11.1. The van der Waals surface area contributed by atoms with Crippen LogP contribution in [-0.2, 0) is 14.5 Å². The predicted octanol–water partition coefficient (Wildman–Crippen LogP) is -1.96. The molecule has 0 aliphatic carbocycles. The van der Waals surface area contributed by atoms with Gasteiger partial charge in [0.15, 0.2) is 0 Å². The summed E-state index contributed by atoms with van der Waals surface area (Å²) in [6.07, 6.45) is -1.27. The summed E-state index contributed by atoms with van der Waals surface area (Å²) in [5, 5.41) is 26.2. The van der Waals surface area contributed by atoms with Crippen LogP contribution in [0.3, 0.4) is 0 Å². The number of hydrogen-bond acceptors (Lipinski definition) is 6. The molecule has 0 spiro atoms. The van der Waals surface area contributed by atoms with Crippen LogP contribution in [0.5, 0.6) is 0 Å². The zero-order valence-corrected chi connectivity index (χ0v) is 7.92. The van der Waals surface area contributed by atoms with Gasteiger partial charge in [-0.05, 0) is 6.92 Å². The second-order valence-corrected chi connectivity index (χ2v) is 2.38. The van der Waals surface area contributed by atoms with E-state index in [4.69, 9.17) is 15.3 Å². The zero-order chi connectivity index (χ0) is 11.0. The van der Waals surface area contributed by atoms with Gasteiger partial charge in [-0.3, -0.25) is 4.79 Å². The summed E-state index contributed by atoms with van der Waals surface area (Å²) >= 11 is 0. The van der Waals surface area contributed by atoms with E-state index in [0.717, 1.165) is 0 Å². The van der Waals surface area contributed by atoms with Gasteiger partial charge in [0, 0.05) is 0 Å². The maximum Gasteiger partial charge on any atom is 0.301 e. The molecule has 7 nitrogen and oxygen atoms in total. The highest BCUT2D eigenvalue weighted by Crippen LogP contribution is 1.97. The van der Waals surface area contributed by atoms with Crippen LogP contribution >= 0.6 is 0 Å². The van der Waals surface area contributed by atoms with Crippen LogP contribution in [0.4, 0.5) is 0 Å². The van der Waals surface area contributed by atoms with E-state index in [-0.39, 0.29) is 26.4 Å². The average Bonchev–Trinajstić information content (AvgIpc) is 2.17. The third-order valence-electron chi connectivity index (χ3n) is 1.14. The Balaban J connectivity index is 4.01. The van der Waals surface area contributed by atoms with Crippen molar-refractivity contribution in [2.24, 2.45) is 0 Å². The summed E-state index contributed by atoms with van der Waals surface area (Å²) in [6, 6.07) is 0. The number of nitrogens with zero attached hydrogens (tertiary/aromatic N) is 1. The molecule has 0 aromatic rings. The zero-order valence-electron chi connectivity index (χ0n) is 7.92. The van der Waals surface area contributed by atoms with Crippen LogP contribution in [0.2, 0.25) is 0 Å². The fraction of sp³-hybridized carbons (Fsp3) is 0.857. The first-order valence-electron chi connectivity index (χ1n) is 4.13. The van der Waals surface area contributed by atoms with Gasteiger partial charge in [0.2, 0.25) is 0 Å². The van der Waals surface area contributed by atoms with E-state index in [2.05, 4.69) is 9.68 Å². The molecule has 84 valence electrons. The van der Waals surface area contributed by atoms with Crippen LogP contribution < -0.4 is 0 Å². The second kappa shape index (κ2) is 7.65. The molecule has 0 saturated carbocycles. The fourth-order valence-corrected chi connectivity index (χ4v) is 0.565. The van der Waals surface area contributed by atoms with Crippen molar-refractivity contribution in [3.63, 3.8) is 0 Å². The monoisotopic (exact) mass is 209 g/mol. The summed E-state index contributed by atoms with van der Waals surface area (Å²) in [5.41, 5.74) is 0. The number of amides is 1. The Hall–Kier alpha value is -0.730. The Kier molecular flexibility index (Phi) is 7.25. The van der Waals surface area contributed by atoms with E-state index in [9.17, 15) is 4.79 Å². The van der Waals surface area contributed by atoms with E-state index in [1.165, 1.54) is 6.92 Å². The lowest BCUT2D eigenvalue weighted by Gasteiger charge is -2.20. The quantitative estimate of drug-likeness (QED) is 0.421. The highest BCUT2D eigenvalue weighted by Gasteiger charge is 2.20. The highest BCUT2D eigenvalue weighted by molar-refractivity contribution is 5.78. The Labute approximate surface area is 81.4 Å². The topological polar surface area (TPSA) is 99.5 Å². The molecule has 1 atom stereocenters. The smallest absolute Gasteiger partial charge is 0.301 e. The molecule has 0 heterocycles. The molecule has 14 heavy (non-hydrogen) atoms. The molecular weight excluding hydrogens is 194 g/mol. The van der Waals surface area contributed by atoms with E-state index in [1.54, 1.807) is 0 Å². The first-order chi connectivity index (χ1) is 6.63. The lowest BCUT2D eigenvalue weighted by Crippen LogP contribution is -2.39. The van der Waals surface area contributed by atoms with Gasteiger partial charge in [0.1, 0.15) is 19.3 Å². The maximum absolute atomic E-state index is 11.1. The van der Waals surface area contributed by atoms with Crippen LogP contribution in [-0.4, -0.2) is 59.0 Å². The SMILES string of the molecule is CC(O)C(=O)N(OCCO)OCCO. The van der Waals surface area contributed by atoms with Gasteiger partial charge < -0.3 is 15.3 Å². The number of aliphatic hydroxyl groups excluding tert-OH is 3. The number of aliphatic hydroxyl groups is 3.